The van der Waals surface area contributed by atoms with Crippen LogP contribution in [0.2, 0.25) is 0 Å². The third kappa shape index (κ3) is 5.11. The normalized spacial score (nSPS) is 11.1. The van der Waals surface area contributed by atoms with E-state index in [9.17, 15) is 18.0 Å². The van der Waals surface area contributed by atoms with Crippen molar-refractivity contribution in [2.24, 2.45) is 0 Å². The fourth-order valence-corrected chi connectivity index (χ4v) is 3.51. The Balaban J connectivity index is 1.61. The second kappa shape index (κ2) is 8.74. The number of amides is 2. The third-order valence-corrected chi connectivity index (χ3v) is 5.99. The molecule has 0 unspecified atom stereocenters. The molecule has 0 bridgehead atoms. The Morgan fingerprint density at radius 2 is 1.72 bits per heavy atom. The summed E-state index contributed by atoms with van der Waals surface area (Å²) in [6.07, 6.45) is 1.42. The molecule has 0 spiro atoms. The summed E-state index contributed by atoms with van der Waals surface area (Å²) in [5.74, 6) is -0.475. The SMILES string of the molecule is CCS(=O)(=O)c1ccc(C(=O)NCc2cccc(NC(=O)c3ccco3)c2)cc1. The quantitative estimate of drug-likeness (QED) is 0.620. The van der Waals surface area contributed by atoms with Crippen LogP contribution >= 0.6 is 0 Å². The van der Waals surface area contributed by atoms with Crippen LogP contribution < -0.4 is 10.6 Å². The van der Waals surface area contributed by atoms with Gasteiger partial charge in [-0.2, -0.15) is 0 Å². The van der Waals surface area contributed by atoms with Crippen LogP contribution in [0.3, 0.4) is 0 Å². The average Bonchev–Trinajstić information content (AvgIpc) is 3.27. The summed E-state index contributed by atoms with van der Waals surface area (Å²) in [6, 6.07) is 16.1. The predicted molar refractivity (Wildman–Crippen MR) is 108 cm³/mol. The van der Waals surface area contributed by atoms with Gasteiger partial charge < -0.3 is 15.1 Å². The first kappa shape index (κ1) is 20.3. The molecule has 1 heterocycles. The highest BCUT2D eigenvalue weighted by atomic mass is 32.2. The summed E-state index contributed by atoms with van der Waals surface area (Å²) in [6.45, 7) is 1.82. The number of anilines is 1. The molecule has 29 heavy (non-hydrogen) atoms. The zero-order valence-corrected chi connectivity index (χ0v) is 16.5. The number of furan rings is 1. The highest BCUT2D eigenvalue weighted by Crippen LogP contribution is 2.14. The molecule has 3 aromatic rings. The van der Waals surface area contributed by atoms with E-state index in [0.717, 1.165) is 5.56 Å². The van der Waals surface area contributed by atoms with Crippen LogP contribution in [0.25, 0.3) is 0 Å². The van der Waals surface area contributed by atoms with Crippen molar-refractivity contribution in [2.75, 3.05) is 11.1 Å². The van der Waals surface area contributed by atoms with E-state index in [4.69, 9.17) is 4.42 Å². The number of rotatable bonds is 7. The van der Waals surface area contributed by atoms with Crippen LogP contribution in [-0.4, -0.2) is 26.0 Å². The maximum absolute atomic E-state index is 12.3. The van der Waals surface area contributed by atoms with Gasteiger partial charge in [-0.15, -0.1) is 0 Å². The predicted octanol–water partition coefficient (Wildman–Crippen LogP) is 3.26. The van der Waals surface area contributed by atoms with E-state index in [-0.39, 0.29) is 34.8 Å². The average molecular weight is 412 g/mol. The monoisotopic (exact) mass is 412 g/mol. The van der Waals surface area contributed by atoms with Crippen molar-refractivity contribution in [2.45, 2.75) is 18.4 Å². The lowest BCUT2D eigenvalue weighted by atomic mass is 10.1. The molecular weight excluding hydrogens is 392 g/mol. The maximum atomic E-state index is 12.3. The molecule has 150 valence electrons. The van der Waals surface area contributed by atoms with Gasteiger partial charge in [0.15, 0.2) is 15.6 Å². The molecule has 7 nitrogen and oxygen atoms in total. The molecule has 2 aromatic carbocycles. The summed E-state index contributed by atoms with van der Waals surface area (Å²) in [4.78, 5) is 24.6. The topological polar surface area (TPSA) is 105 Å². The largest absolute Gasteiger partial charge is 0.459 e. The minimum absolute atomic E-state index is 0.00530. The highest BCUT2D eigenvalue weighted by molar-refractivity contribution is 7.91. The number of nitrogens with one attached hydrogen (secondary N) is 2. The van der Waals surface area contributed by atoms with Crippen LogP contribution in [-0.2, 0) is 16.4 Å². The second-order valence-electron chi connectivity index (χ2n) is 6.24. The molecule has 3 rings (SSSR count). The van der Waals surface area contributed by atoms with E-state index in [2.05, 4.69) is 10.6 Å². The maximum Gasteiger partial charge on any atom is 0.291 e. The van der Waals surface area contributed by atoms with Gasteiger partial charge in [0, 0.05) is 17.8 Å². The van der Waals surface area contributed by atoms with E-state index in [1.54, 1.807) is 37.3 Å². The molecular formula is C21H20N2O5S. The Labute approximate surface area is 168 Å². The van der Waals surface area contributed by atoms with E-state index in [0.29, 0.717) is 11.3 Å². The van der Waals surface area contributed by atoms with Crippen molar-refractivity contribution in [3.8, 4) is 0 Å². The Kier molecular flexibility index (Phi) is 6.13. The number of carbonyl (C=O) groups excluding carboxylic acids is 2. The van der Waals surface area contributed by atoms with E-state index in [1.165, 1.54) is 30.5 Å². The van der Waals surface area contributed by atoms with E-state index >= 15 is 0 Å². The number of sulfone groups is 1. The molecule has 0 aliphatic rings. The van der Waals surface area contributed by atoms with Crippen molar-refractivity contribution in [1.82, 2.24) is 5.32 Å². The Bertz CT molecular complexity index is 1100. The van der Waals surface area contributed by atoms with Crippen molar-refractivity contribution in [1.29, 1.82) is 0 Å². The van der Waals surface area contributed by atoms with Gasteiger partial charge in [0.25, 0.3) is 11.8 Å². The first-order valence-corrected chi connectivity index (χ1v) is 10.6. The molecule has 0 saturated heterocycles. The minimum Gasteiger partial charge on any atom is -0.459 e. The Hall–Kier alpha value is -3.39. The van der Waals surface area contributed by atoms with Crippen LogP contribution in [0.15, 0.2) is 76.2 Å². The van der Waals surface area contributed by atoms with Gasteiger partial charge in [-0.1, -0.05) is 19.1 Å². The molecule has 0 aliphatic heterocycles. The van der Waals surface area contributed by atoms with E-state index in [1.807, 2.05) is 6.07 Å². The molecule has 0 fully saturated rings. The van der Waals surface area contributed by atoms with Gasteiger partial charge in [0.1, 0.15) is 0 Å². The summed E-state index contributed by atoms with van der Waals surface area (Å²) in [5, 5.41) is 5.50. The molecule has 0 aliphatic carbocycles. The lowest BCUT2D eigenvalue weighted by molar-refractivity contribution is 0.0949. The Morgan fingerprint density at radius 3 is 2.38 bits per heavy atom. The number of hydrogen-bond acceptors (Lipinski definition) is 5. The summed E-state index contributed by atoms with van der Waals surface area (Å²) < 4.78 is 28.7. The second-order valence-corrected chi connectivity index (χ2v) is 8.52. The van der Waals surface area contributed by atoms with Gasteiger partial charge in [-0.25, -0.2) is 8.42 Å². The van der Waals surface area contributed by atoms with Crippen molar-refractivity contribution in [3.63, 3.8) is 0 Å². The van der Waals surface area contributed by atoms with Crippen molar-refractivity contribution < 1.29 is 22.4 Å². The van der Waals surface area contributed by atoms with Gasteiger partial charge >= 0.3 is 0 Å². The van der Waals surface area contributed by atoms with Crippen LogP contribution in [0.5, 0.6) is 0 Å². The first-order valence-electron chi connectivity index (χ1n) is 8.94. The van der Waals surface area contributed by atoms with E-state index < -0.39 is 9.84 Å². The molecule has 2 amide bonds. The molecule has 0 atom stereocenters. The standard InChI is InChI=1S/C21H20N2O5S/c1-2-29(26,27)18-10-8-16(9-11-18)20(24)22-14-15-5-3-6-17(13-15)23-21(25)19-7-4-12-28-19/h3-13H,2,14H2,1H3,(H,22,24)(H,23,25). The Morgan fingerprint density at radius 1 is 0.966 bits per heavy atom. The van der Waals surface area contributed by atoms with Crippen LogP contribution in [0.4, 0.5) is 5.69 Å². The summed E-state index contributed by atoms with van der Waals surface area (Å²) in [5.41, 5.74) is 1.73. The van der Waals surface area contributed by atoms with Crippen molar-refractivity contribution in [3.05, 3.63) is 83.8 Å². The third-order valence-electron chi connectivity index (χ3n) is 4.24. The van der Waals surface area contributed by atoms with Gasteiger partial charge in [-0.3, -0.25) is 9.59 Å². The van der Waals surface area contributed by atoms with Gasteiger partial charge in [0.05, 0.1) is 16.9 Å². The number of hydrogen-bond donors (Lipinski definition) is 2. The number of benzene rings is 2. The molecule has 1 aromatic heterocycles. The lowest BCUT2D eigenvalue weighted by Gasteiger charge is -2.09. The lowest BCUT2D eigenvalue weighted by Crippen LogP contribution is -2.23. The van der Waals surface area contributed by atoms with Crippen LogP contribution in [0.1, 0.15) is 33.4 Å². The van der Waals surface area contributed by atoms with Crippen molar-refractivity contribution >= 4 is 27.3 Å². The zero-order valence-electron chi connectivity index (χ0n) is 15.7. The summed E-state index contributed by atoms with van der Waals surface area (Å²) in [7, 11) is -3.30. The first-order chi connectivity index (χ1) is 13.9. The minimum atomic E-state index is -3.30. The van der Waals surface area contributed by atoms with Gasteiger partial charge in [-0.05, 0) is 54.1 Å². The number of carbonyl (C=O) groups is 2. The zero-order chi connectivity index (χ0) is 20.9. The smallest absolute Gasteiger partial charge is 0.291 e. The molecule has 2 N–H and O–H groups in total. The van der Waals surface area contributed by atoms with Gasteiger partial charge in [0.2, 0.25) is 0 Å². The molecule has 8 heteroatoms. The highest BCUT2D eigenvalue weighted by Gasteiger charge is 2.13. The fraction of sp³-hybridized carbons (Fsp3) is 0.143. The van der Waals surface area contributed by atoms with Crippen LogP contribution in [0, 0.1) is 0 Å². The molecule has 0 radical (unpaired) electrons. The molecule has 0 saturated carbocycles. The summed E-state index contributed by atoms with van der Waals surface area (Å²) >= 11 is 0. The fourth-order valence-electron chi connectivity index (χ4n) is 2.62.